The molecule has 60 valence electrons. The number of pyridine rings is 1. The van der Waals surface area contributed by atoms with E-state index in [1.54, 1.807) is 0 Å². The molecule has 0 aliphatic carbocycles. The van der Waals surface area contributed by atoms with Crippen LogP contribution in [0.2, 0.25) is 0 Å². The van der Waals surface area contributed by atoms with Gasteiger partial charge in [0.05, 0.1) is 11.1 Å². The van der Waals surface area contributed by atoms with Crippen LogP contribution in [-0.4, -0.2) is 16.1 Å². The predicted molar refractivity (Wildman–Crippen MR) is 42.0 cm³/mol. The molecule has 4 nitrogen and oxygen atoms in total. The number of aromatic nitrogens is 1. The van der Waals surface area contributed by atoms with E-state index in [4.69, 9.17) is 11.5 Å². The van der Waals surface area contributed by atoms with Crippen molar-refractivity contribution in [2.24, 2.45) is 0 Å². The lowest BCUT2D eigenvalue weighted by Gasteiger charge is -1.95. The van der Waals surface area contributed by atoms with Gasteiger partial charge in [-0.05, 0) is 0 Å². The minimum absolute atomic E-state index is 0.152. The van der Waals surface area contributed by atoms with Crippen molar-refractivity contribution in [3.8, 4) is 12.3 Å². The summed E-state index contributed by atoms with van der Waals surface area (Å²) >= 11 is 0. The summed E-state index contributed by atoms with van der Waals surface area (Å²) in [7, 11) is 0. The van der Waals surface area contributed by atoms with Crippen molar-refractivity contribution in [3.05, 3.63) is 33.7 Å². The van der Waals surface area contributed by atoms with Gasteiger partial charge in [0.2, 0.25) is 5.56 Å². The smallest absolute Gasteiger partial charge is 0.337 e. The molecular weight excluding hydrogens is 158 g/mol. The Hall–Kier alpha value is -2.02. The number of rotatable bonds is 1. The number of carboxylic acid groups (broad SMARTS) is 1. The van der Waals surface area contributed by atoms with E-state index in [1.165, 1.54) is 6.20 Å². The fourth-order valence-electron chi connectivity index (χ4n) is 0.768. The third-order valence-electron chi connectivity index (χ3n) is 1.31. The summed E-state index contributed by atoms with van der Waals surface area (Å²) in [5, 5.41) is 8.57. The van der Waals surface area contributed by atoms with Crippen molar-refractivity contribution in [1.29, 1.82) is 0 Å². The lowest BCUT2D eigenvalue weighted by molar-refractivity contribution is 0.0696. The molecule has 1 rings (SSSR count). The highest BCUT2D eigenvalue weighted by atomic mass is 16.4. The molecule has 1 heterocycles. The number of aromatic amines is 1. The fraction of sp³-hybridized carbons (Fsp3) is 0. The van der Waals surface area contributed by atoms with Crippen LogP contribution in [0.3, 0.4) is 0 Å². The van der Waals surface area contributed by atoms with Crippen LogP contribution in [0.5, 0.6) is 0 Å². The zero-order chi connectivity index (χ0) is 9.14. The number of carboxylic acids is 1. The summed E-state index contributed by atoms with van der Waals surface area (Å²) in [5.74, 6) is 0.953. The number of carbonyl (C=O) groups is 1. The third-order valence-corrected chi connectivity index (χ3v) is 1.31. The fourth-order valence-corrected chi connectivity index (χ4v) is 0.768. The molecule has 2 N–H and O–H groups in total. The topological polar surface area (TPSA) is 70.2 Å². The first-order chi connectivity index (χ1) is 5.65. The number of hydrogen-bond acceptors (Lipinski definition) is 2. The van der Waals surface area contributed by atoms with Crippen LogP contribution in [0.1, 0.15) is 15.9 Å². The highest BCUT2D eigenvalue weighted by molar-refractivity contribution is 5.90. The van der Waals surface area contributed by atoms with Crippen molar-refractivity contribution >= 4 is 5.97 Å². The van der Waals surface area contributed by atoms with Crippen LogP contribution in [0, 0.1) is 12.3 Å². The lowest BCUT2D eigenvalue weighted by Crippen LogP contribution is -2.10. The third kappa shape index (κ3) is 1.35. The zero-order valence-corrected chi connectivity index (χ0v) is 6.00. The van der Waals surface area contributed by atoms with Gasteiger partial charge in [0, 0.05) is 12.3 Å². The number of hydrogen-bond donors (Lipinski definition) is 2. The standard InChI is InChI=1S/C8H5NO3/c1-2-5-4-9-7(10)3-6(5)8(11)12/h1,3-4H,(H,9,10)(H,11,12). The second-order valence-corrected chi connectivity index (χ2v) is 2.07. The van der Waals surface area contributed by atoms with Crippen LogP contribution in [0.15, 0.2) is 17.1 Å². The van der Waals surface area contributed by atoms with Gasteiger partial charge in [0.15, 0.2) is 0 Å². The van der Waals surface area contributed by atoms with E-state index in [0.717, 1.165) is 6.07 Å². The van der Waals surface area contributed by atoms with Gasteiger partial charge >= 0.3 is 5.97 Å². The van der Waals surface area contributed by atoms with Gasteiger partial charge in [-0.1, -0.05) is 5.92 Å². The van der Waals surface area contributed by atoms with Gasteiger partial charge in [0.1, 0.15) is 0 Å². The molecule has 0 radical (unpaired) electrons. The minimum Gasteiger partial charge on any atom is -0.478 e. The molecule has 1 aromatic rings. The summed E-state index contributed by atoms with van der Waals surface area (Å²) in [6, 6.07) is 0.956. The van der Waals surface area contributed by atoms with Crippen LogP contribution in [0.4, 0.5) is 0 Å². The van der Waals surface area contributed by atoms with Crippen LogP contribution in [0.25, 0.3) is 0 Å². The van der Waals surface area contributed by atoms with Crippen molar-refractivity contribution in [3.63, 3.8) is 0 Å². The quantitative estimate of drug-likeness (QED) is 0.575. The van der Waals surface area contributed by atoms with E-state index in [1.807, 2.05) is 0 Å². The Kier molecular flexibility index (Phi) is 1.97. The summed E-state index contributed by atoms with van der Waals surface area (Å²) in [5.41, 5.74) is -0.463. The van der Waals surface area contributed by atoms with E-state index in [9.17, 15) is 9.59 Å². The average molecular weight is 163 g/mol. The maximum absolute atomic E-state index is 10.7. The Morgan fingerprint density at radius 1 is 1.67 bits per heavy atom. The number of nitrogens with one attached hydrogen (secondary N) is 1. The molecule has 0 atom stereocenters. The first kappa shape index (κ1) is 8.08. The maximum Gasteiger partial charge on any atom is 0.337 e. The minimum atomic E-state index is -1.20. The Bertz CT molecular complexity index is 411. The van der Waals surface area contributed by atoms with E-state index >= 15 is 0 Å². The van der Waals surface area contributed by atoms with Gasteiger partial charge in [-0.15, -0.1) is 6.42 Å². The molecule has 0 aliphatic heterocycles. The summed E-state index contributed by atoms with van der Waals surface area (Å²) in [6.45, 7) is 0. The Morgan fingerprint density at radius 2 is 2.33 bits per heavy atom. The molecular formula is C8H5NO3. The SMILES string of the molecule is C#Cc1c[nH]c(=O)cc1C(=O)O. The van der Waals surface area contributed by atoms with Crippen molar-refractivity contribution in [1.82, 2.24) is 4.98 Å². The summed E-state index contributed by atoms with van der Waals surface area (Å²) < 4.78 is 0. The summed E-state index contributed by atoms with van der Waals surface area (Å²) in [6.07, 6.45) is 6.20. The van der Waals surface area contributed by atoms with Gasteiger partial charge in [-0.3, -0.25) is 4.79 Å². The van der Waals surface area contributed by atoms with Gasteiger partial charge in [0.25, 0.3) is 0 Å². The monoisotopic (exact) mass is 163 g/mol. The molecule has 0 aromatic carbocycles. The van der Waals surface area contributed by atoms with Crippen molar-refractivity contribution in [2.75, 3.05) is 0 Å². The van der Waals surface area contributed by atoms with Gasteiger partial charge in [-0.2, -0.15) is 0 Å². The molecule has 4 heteroatoms. The van der Waals surface area contributed by atoms with Gasteiger partial charge < -0.3 is 10.1 Å². The number of aromatic carboxylic acids is 1. The normalized spacial score (nSPS) is 8.92. The van der Waals surface area contributed by atoms with E-state index in [0.29, 0.717) is 0 Å². The molecule has 0 spiro atoms. The van der Waals surface area contributed by atoms with Crippen LogP contribution >= 0.6 is 0 Å². The molecule has 0 fully saturated rings. The van der Waals surface area contributed by atoms with Crippen molar-refractivity contribution in [2.45, 2.75) is 0 Å². The molecule has 0 saturated heterocycles. The Labute approximate surface area is 67.9 Å². The second kappa shape index (κ2) is 2.93. The first-order valence-electron chi connectivity index (χ1n) is 3.08. The van der Waals surface area contributed by atoms with E-state index in [2.05, 4.69) is 10.9 Å². The molecule has 0 amide bonds. The lowest BCUT2D eigenvalue weighted by atomic mass is 10.1. The second-order valence-electron chi connectivity index (χ2n) is 2.07. The van der Waals surface area contributed by atoms with Gasteiger partial charge in [-0.25, -0.2) is 4.79 Å². The largest absolute Gasteiger partial charge is 0.478 e. The predicted octanol–water partition coefficient (Wildman–Crippen LogP) is 0.0544. The van der Waals surface area contributed by atoms with E-state index in [-0.39, 0.29) is 11.1 Å². The van der Waals surface area contributed by atoms with Crippen molar-refractivity contribution < 1.29 is 9.90 Å². The van der Waals surface area contributed by atoms with E-state index < -0.39 is 11.5 Å². The molecule has 0 unspecified atom stereocenters. The average Bonchev–Trinajstić information content (AvgIpc) is 2.04. The maximum atomic E-state index is 10.7. The Morgan fingerprint density at radius 3 is 2.83 bits per heavy atom. The van der Waals surface area contributed by atoms with Crippen LogP contribution in [-0.2, 0) is 0 Å². The van der Waals surface area contributed by atoms with Crippen LogP contribution < -0.4 is 5.56 Å². The highest BCUT2D eigenvalue weighted by Crippen LogP contribution is 2.01. The number of H-pyrrole nitrogens is 1. The molecule has 12 heavy (non-hydrogen) atoms. The number of terminal acetylenes is 1. The first-order valence-corrected chi connectivity index (χ1v) is 3.08. The zero-order valence-electron chi connectivity index (χ0n) is 6.00. The highest BCUT2D eigenvalue weighted by Gasteiger charge is 2.07. The molecule has 0 bridgehead atoms. The molecule has 0 aliphatic rings. The Balaban J connectivity index is 3.44. The molecule has 1 aromatic heterocycles. The molecule has 0 saturated carbocycles. The summed E-state index contributed by atoms with van der Waals surface area (Å²) in [4.78, 5) is 23.4.